The predicted octanol–water partition coefficient (Wildman–Crippen LogP) is 7.43. The van der Waals surface area contributed by atoms with Gasteiger partial charge in [0.1, 0.15) is 0 Å². The number of imide groups is 1. The first kappa shape index (κ1) is 29.2. The third-order valence-corrected chi connectivity index (χ3v) is 4.19. The number of carbonyl (C=O) groups excluding carboxylic acids is 3. The minimum atomic E-state index is -0.270. The average molecular weight is 440 g/mol. The van der Waals surface area contributed by atoms with Crippen LogP contribution in [0, 0.1) is 11.3 Å². The van der Waals surface area contributed by atoms with Crippen molar-refractivity contribution in [1.82, 2.24) is 4.90 Å². The van der Waals surface area contributed by atoms with Gasteiger partial charge in [0, 0.05) is 12.0 Å². The van der Waals surface area contributed by atoms with Crippen LogP contribution in [0.3, 0.4) is 0 Å². The molecule has 0 fully saturated rings. The molecule has 176 valence electrons. The van der Waals surface area contributed by atoms with Gasteiger partial charge in [0.05, 0.1) is 17.7 Å². The molecule has 0 unspecified atom stereocenters. The summed E-state index contributed by atoms with van der Waals surface area (Å²) in [5.41, 5.74) is 2.31. The van der Waals surface area contributed by atoms with E-state index in [1.54, 1.807) is 48.5 Å². The summed E-state index contributed by atoms with van der Waals surface area (Å²) in [4.78, 5) is 38.3. The quantitative estimate of drug-likeness (QED) is 0.368. The van der Waals surface area contributed by atoms with Crippen molar-refractivity contribution in [3.05, 3.63) is 70.8 Å². The lowest BCUT2D eigenvalue weighted by molar-refractivity contribution is 0.0641. The maximum absolute atomic E-state index is 12.4. The summed E-state index contributed by atoms with van der Waals surface area (Å²) in [7, 11) is 0. The molecule has 1 aliphatic rings. The fraction of sp³-hybridized carbons (Fsp3) is 0.464. The molecular formula is C28H41NO3. The van der Waals surface area contributed by atoms with Gasteiger partial charge in [0.25, 0.3) is 11.8 Å². The Morgan fingerprint density at radius 1 is 0.844 bits per heavy atom. The molecule has 2 aromatic rings. The number of rotatable bonds is 4. The van der Waals surface area contributed by atoms with Crippen molar-refractivity contribution in [2.45, 2.75) is 75.8 Å². The van der Waals surface area contributed by atoms with Crippen LogP contribution in [-0.4, -0.2) is 22.5 Å². The molecule has 0 saturated carbocycles. The third kappa shape index (κ3) is 8.41. The largest absolute Gasteiger partial charge is 0.294 e. The van der Waals surface area contributed by atoms with Gasteiger partial charge in [-0.15, -0.1) is 0 Å². The van der Waals surface area contributed by atoms with Crippen LogP contribution in [0.4, 0.5) is 0 Å². The van der Waals surface area contributed by atoms with Gasteiger partial charge in [-0.3, -0.25) is 19.3 Å². The lowest BCUT2D eigenvalue weighted by atomic mass is 9.88. The monoisotopic (exact) mass is 439 g/mol. The zero-order valence-electron chi connectivity index (χ0n) is 20.3. The number of hydrogen-bond donors (Lipinski definition) is 0. The van der Waals surface area contributed by atoms with Crippen LogP contribution in [0.5, 0.6) is 0 Å². The number of amides is 2. The molecule has 0 N–H and O–H groups in total. The number of benzene rings is 2. The van der Waals surface area contributed by atoms with Gasteiger partial charge in [-0.25, -0.2) is 0 Å². The standard InChI is InChI=1S/C21H21NO3.C4H10.C2H6.CH4/c1-21(2,3)12-18(23)15-10-8-14(9-11-15)13-22-19(24)16-6-4-5-7-17(16)20(22)25;1-4(2)3;1-2;/h4-11H,12-13H2,1-3H3;4H,1-3H3;1-2H3;1H4. The van der Waals surface area contributed by atoms with Gasteiger partial charge in [0.2, 0.25) is 0 Å². The highest BCUT2D eigenvalue weighted by Crippen LogP contribution is 2.25. The molecule has 0 atom stereocenters. The zero-order chi connectivity index (χ0) is 23.8. The van der Waals surface area contributed by atoms with Crippen LogP contribution >= 0.6 is 0 Å². The van der Waals surface area contributed by atoms with Gasteiger partial charge in [-0.2, -0.15) is 0 Å². The molecule has 0 aromatic heterocycles. The van der Waals surface area contributed by atoms with Crippen LogP contribution in [0.15, 0.2) is 48.5 Å². The van der Waals surface area contributed by atoms with Crippen molar-refractivity contribution >= 4 is 17.6 Å². The molecular weight excluding hydrogens is 398 g/mol. The smallest absolute Gasteiger partial charge is 0.261 e. The van der Waals surface area contributed by atoms with E-state index in [1.807, 2.05) is 34.6 Å². The van der Waals surface area contributed by atoms with E-state index in [0.717, 1.165) is 11.5 Å². The van der Waals surface area contributed by atoms with Gasteiger partial charge >= 0.3 is 0 Å². The van der Waals surface area contributed by atoms with Gasteiger partial charge in [-0.05, 0) is 29.0 Å². The second kappa shape index (κ2) is 12.9. The fourth-order valence-electron chi connectivity index (χ4n) is 2.95. The van der Waals surface area contributed by atoms with Crippen molar-refractivity contribution < 1.29 is 14.4 Å². The lowest BCUT2D eigenvalue weighted by Crippen LogP contribution is -2.29. The SMILES string of the molecule is C.CC.CC(C)(C)CC(=O)c1ccc(CN2C(=O)c3ccccc3C2=O)cc1.CC(C)C. The summed E-state index contributed by atoms with van der Waals surface area (Å²) in [6, 6.07) is 14.0. The second-order valence-electron chi connectivity index (χ2n) is 9.33. The van der Waals surface area contributed by atoms with Crippen molar-refractivity contribution in [2.75, 3.05) is 0 Å². The molecule has 0 radical (unpaired) electrons. The molecule has 1 aliphatic heterocycles. The summed E-state index contributed by atoms with van der Waals surface area (Å²) in [5, 5.41) is 0. The first-order valence-corrected chi connectivity index (χ1v) is 11.1. The Labute approximate surface area is 195 Å². The van der Waals surface area contributed by atoms with E-state index in [1.165, 1.54) is 4.90 Å². The summed E-state index contributed by atoms with van der Waals surface area (Å²) in [5.74, 6) is 0.391. The van der Waals surface area contributed by atoms with E-state index < -0.39 is 0 Å². The van der Waals surface area contributed by atoms with Crippen LogP contribution < -0.4 is 0 Å². The minimum Gasteiger partial charge on any atom is -0.294 e. The van der Waals surface area contributed by atoms with E-state index in [9.17, 15) is 14.4 Å². The predicted molar refractivity (Wildman–Crippen MR) is 134 cm³/mol. The van der Waals surface area contributed by atoms with E-state index in [0.29, 0.717) is 23.1 Å². The molecule has 2 amide bonds. The molecule has 0 aliphatic carbocycles. The number of fused-ring (bicyclic) bond motifs is 1. The Bertz CT molecular complexity index is 852. The molecule has 2 aromatic carbocycles. The minimum absolute atomic E-state index is 0. The van der Waals surface area contributed by atoms with Crippen molar-refractivity contribution in [1.29, 1.82) is 0 Å². The zero-order valence-corrected chi connectivity index (χ0v) is 20.3. The Morgan fingerprint density at radius 2 is 1.25 bits per heavy atom. The molecule has 0 saturated heterocycles. The van der Waals surface area contributed by atoms with Crippen molar-refractivity contribution in [2.24, 2.45) is 11.3 Å². The van der Waals surface area contributed by atoms with E-state index in [2.05, 4.69) is 20.8 Å². The normalized spacial score (nSPS) is 12.2. The lowest BCUT2D eigenvalue weighted by Gasteiger charge is -2.17. The third-order valence-electron chi connectivity index (χ3n) is 4.19. The summed E-state index contributed by atoms with van der Waals surface area (Å²) in [6.07, 6.45) is 0.477. The number of Topliss-reactive ketones (excluding diaryl/α,β-unsaturated/α-hetero) is 1. The first-order valence-electron chi connectivity index (χ1n) is 11.1. The van der Waals surface area contributed by atoms with Gasteiger partial charge in [0.15, 0.2) is 5.78 Å². The molecule has 3 rings (SSSR count). The second-order valence-corrected chi connectivity index (χ2v) is 9.33. The Morgan fingerprint density at radius 3 is 1.62 bits per heavy atom. The highest BCUT2D eigenvalue weighted by Gasteiger charge is 2.34. The number of nitrogens with zero attached hydrogens (tertiary/aromatic N) is 1. The molecule has 1 heterocycles. The average Bonchev–Trinajstić information content (AvgIpc) is 2.94. The molecule has 0 bridgehead atoms. The number of hydrogen-bond acceptors (Lipinski definition) is 3. The van der Waals surface area contributed by atoms with Crippen LogP contribution in [0.1, 0.15) is 106 Å². The Hall–Kier alpha value is -2.75. The Balaban J connectivity index is 0.00000124. The number of carbonyl (C=O) groups is 3. The fourth-order valence-corrected chi connectivity index (χ4v) is 2.95. The highest BCUT2D eigenvalue weighted by molar-refractivity contribution is 6.21. The first-order chi connectivity index (χ1) is 14.5. The van der Waals surface area contributed by atoms with E-state index in [-0.39, 0.29) is 37.0 Å². The maximum Gasteiger partial charge on any atom is 0.261 e. The molecule has 32 heavy (non-hydrogen) atoms. The topological polar surface area (TPSA) is 54.5 Å². The van der Waals surface area contributed by atoms with Crippen LogP contribution in [0.25, 0.3) is 0 Å². The summed E-state index contributed by atoms with van der Waals surface area (Å²) in [6.45, 7) is 16.8. The molecule has 0 spiro atoms. The summed E-state index contributed by atoms with van der Waals surface area (Å²) >= 11 is 0. The summed E-state index contributed by atoms with van der Waals surface area (Å²) < 4.78 is 0. The van der Waals surface area contributed by atoms with E-state index >= 15 is 0 Å². The van der Waals surface area contributed by atoms with Gasteiger partial charge in [-0.1, -0.05) is 99.2 Å². The molecule has 4 heteroatoms. The van der Waals surface area contributed by atoms with E-state index in [4.69, 9.17) is 0 Å². The van der Waals surface area contributed by atoms with Crippen molar-refractivity contribution in [3.8, 4) is 0 Å². The number of ketones is 1. The molecule has 4 nitrogen and oxygen atoms in total. The van der Waals surface area contributed by atoms with Crippen LogP contribution in [0.2, 0.25) is 0 Å². The maximum atomic E-state index is 12.4. The van der Waals surface area contributed by atoms with Gasteiger partial charge < -0.3 is 0 Å². The van der Waals surface area contributed by atoms with Crippen molar-refractivity contribution in [3.63, 3.8) is 0 Å². The van der Waals surface area contributed by atoms with Crippen LogP contribution in [-0.2, 0) is 6.54 Å². The Kier molecular flexibility index (Phi) is 11.8. The highest BCUT2D eigenvalue weighted by atomic mass is 16.2.